The van der Waals surface area contributed by atoms with Crippen molar-refractivity contribution >= 4 is 23.8 Å². The Morgan fingerprint density at radius 1 is 1.08 bits per heavy atom. The number of anilines is 1. The molecular weight excluding hydrogens is 464 g/mol. The van der Waals surface area contributed by atoms with Gasteiger partial charge in [0.2, 0.25) is 5.95 Å². The average molecular weight is 480 g/mol. The lowest BCUT2D eigenvalue weighted by atomic mass is 10.0. The SMILES string of the molecule is N#Cc1c(-c2ccccc2)nc(NN=Cc2ccc(-c3ccc(C(=O)O)c([N+](=O)[O-])c3)cc2)[nH]c1=O. The molecule has 176 valence electrons. The molecule has 0 aliphatic rings. The number of carboxylic acids is 1. The maximum absolute atomic E-state index is 12.3. The van der Waals surface area contributed by atoms with Crippen LogP contribution in [0.4, 0.5) is 11.6 Å². The van der Waals surface area contributed by atoms with Crippen molar-refractivity contribution in [2.75, 3.05) is 5.43 Å². The number of carbonyl (C=O) groups is 1. The van der Waals surface area contributed by atoms with Gasteiger partial charge in [-0.05, 0) is 22.8 Å². The summed E-state index contributed by atoms with van der Waals surface area (Å²) in [5.74, 6) is -1.32. The minimum atomic E-state index is -1.37. The Kier molecular flexibility index (Phi) is 6.60. The van der Waals surface area contributed by atoms with Crippen LogP contribution in [0.2, 0.25) is 0 Å². The van der Waals surface area contributed by atoms with E-state index in [1.165, 1.54) is 24.4 Å². The monoisotopic (exact) mass is 480 g/mol. The summed E-state index contributed by atoms with van der Waals surface area (Å²) in [7, 11) is 0. The van der Waals surface area contributed by atoms with Crippen LogP contribution in [-0.4, -0.2) is 32.2 Å². The van der Waals surface area contributed by atoms with Gasteiger partial charge in [-0.3, -0.25) is 19.9 Å². The standard InChI is InChI=1S/C25H16N6O5/c26-13-20-22(17-4-2-1-3-5-17)28-25(29-23(20)32)30-27-14-15-6-8-16(9-7-15)18-10-11-19(24(33)34)21(12-18)31(35)36/h1-12,14H,(H,33,34)(H2,28,29,30,32). The molecule has 11 heteroatoms. The molecule has 36 heavy (non-hydrogen) atoms. The molecule has 0 atom stereocenters. The first-order valence-corrected chi connectivity index (χ1v) is 10.4. The number of nitro benzene ring substituents is 1. The van der Waals surface area contributed by atoms with Crippen molar-refractivity contribution in [1.29, 1.82) is 5.26 Å². The molecule has 1 aromatic heterocycles. The molecule has 0 bridgehead atoms. The maximum Gasteiger partial charge on any atom is 0.342 e. The Labute approximate surface area is 203 Å². The first kappa shape index (κ1) is 23.5. The molecule has 0 spiro atoms. The number of nitrogens with zero attached hydrogens (tertiary/aromatic N) is 4. The molecule has 0 aliphatic heterocycles. The fraction of sp³-hybridized carbons (Fsp3) is 0. The van der Waals surface area contributed by atoms with Crippen molar-refractivity contribution in [3.63, 3.8) is 0 Å². The molecule has 0 saturated carbocycles. The lowest BCUT2D eigenvalue weighted by Crippen LogP contribution is -2.16. The normalized spacial score (nSPS) is 10.6. The van der Waals surface area contributed by atoms with E-state index in [1.54, 1.807) is 48.5 Å². The Bertz CT molecular complexity index is 1590. The van der Waals surface area contributed by atoms with E-state index in [9.17, 15) is 25.0 Å². The number of aromatic amines is 1. The highest BCUT2D eigenvalue weighted by molar-refractivity contribution is 5.93. The van der Waals surface area contributed by atoms with E-state index in [0.717, 1.165) is 0 Å². The minimum Gasteiger partial charge on any atom is -0.477 e. The first-order valence-electron chi connectivity index (χ1n) is 10.4. The molecule has 3 N–H and O–H groups in total. The third-order valence-electron chi connectivity index (χ3n) is 5.13. The Morgan fingerprint density at radius 2 is 1.78 bits per heavy atom. The van der Waals surface area contributed by atoms with E-state index < -0.39 is 22.1 Å². The molecule has 4 aromatic rings. The number of hydrogen-bond acceptors (Lipinski definition) is 8. The van der Waals surface area contributed by atoms with Crippen LogP contribution in [0.25, 0.3) is 22.4 Å². The number of rotatable bonds is 7. The molecule has 0 amide bonds. The van der Waals surface area contributed by atoms with Crippen molar-refractivity contribution in [3.8, 4) is 28.5 Å². The third kappa shape index (κ3) is 4.97. The summed E-state index contributed by atoms with van der Waals surface area (Å²) in [6.45, 7) is 0. The predicted octanol–water partition coefficient (Wildman–Crippen LogP) is 4.03. The number of carboxylic acid groups (broad SMARTS) is 1. The fourth-order valence-electron chi connectivity index (χ4n) is 3.41. The van der Waals surface area contributed by atoms with Gasteiger partial charge in [0.15, 0.2) is 0 Å². The number of aromatic nitrogens is 2. The molecule has 11 nitrogen and oxygen atoms in total. The Hall–Kier alpha value is -5.63. The summed E-state index contributed by atoms with van der Waals surface area (Å²) in [4.78, 5) is 40.8. The zero-order valence-electron chi connectivity index (χ0n) is 18.4. The smallest absolute Gasteiger partial charge is 0.342 e. The number of hydrogen-bond donors (Lipinski definition) is 3. The number of aromatic carboxylic acids is 1. The van der Waals surface area contributed by atoms with Gasteiger partial charge in [0, 0.05) is 11.6 Å². The molecule has 1 heterocycles. The quantitative estimate of drug-likeness (QED) is 0.202. The van der Waals surface area contributed by atoms with Gasteiger partial charge in [0.05, 0.1) is 16.8 Å². The van der Waals surface area contributed by atoms with Gasteiger partial charge in [-0.15, -0.1) is 0 Å². The first-order chi connectivity index (χ1) is 17.4. The van der Waals surface area contributed by atoms with E-state index in [1.807, 2.05) is 12.1 Å². The number of nitrogens with one attached hydrogen (secondary N) is 2. The molecule has 3 aromatic carbocycles. The summed E-state index contributed by atoms with van der Waals surface area (Å²) >= 11 is 0. The van der Waals surface area contributed by atoms with Gasteiger partial charge < -0.3 is 5.11 Å². The highest BCUT2D eigenvalue weighted by Gasteiger charge is 2.20. The molecular formula is C25H16N6O5. The topological polar surface area (TPSA) is 174 Å². The third-order valence-corrected chi connectivity index (χ3v) is 5.13. The molecule has 4 rings (SSSR count). The molecule has 0 fully saturated rings. The number of nitro groups is 1. The van der Waals surface area contributed by atoms with Crippen molar-refractivity contribution in [2.45, 2.75) is 0 Å². The van der Waals surface area contributed by atoms with E-state index in [-0.39, 0.29) is 22.8 Å². The number of benzene rings is 3. The van der Waals surface area contributed by atoms with Gasteiger partial charge in [0.25, 0.3) is 11.2 Å². The largest absolute Gasteiger partial charge is 0.477 e. The fourth-order valence-corrected chi connectivity index (χ4v) is 3.41. The number of H-pyrrole nitrogens is 1. The summed E-state index contributed by atoms with van der Waals surface area (Å²) in [6.07, 6.45) is 1.47. The van der Waals surface area contributed by atoms with Crippen LogP contribution >= 0.6 is 0 Å². The highest BCUT2D eigenvalue weighted by atomic mass is 16.6. The Balaban J connectivity index is 1.54. The van der Waals surface area contributed by atoms with Gasteiger partial charge >= 0.3 is 5.97 Å². The van der Waals surface area contributed by atoms with Crippen LogP contribution in [0.3, 0.4) is 0 Å². The molecule has 0 radical (unpaired) electrons. The van der Waals surface area contributed by atoms with Crippen molar-refractivity contribution in [1.82, 2.24) is 9.97 Å². The predicted molar refractivity (Wildman–Crippen MR) is 132 cm³/mol. The van der Waals surface area contributed by atoms with Crippen molar-refractivity contribution < 1.29 is 14.8 Å². The van der Waals surface area contributed by atoms with Crippen molar-refractivity contribution in [3.05, 3.63) is 110 Å². The van der Waals surface area contributed by atoms with E-state index in [4.69, 9.17) is 5.11 Å². The van der Waals surface area contributed by atoms with Gasteiger partial charge in [-0.25, -0.2) is 15.2 Å². The van der Waals surface area contributed by atoms with E-state index in [2.05, 4.69) is 20.5 Å². The second kappa shape index (κ2) is 10.1. The van der Waals surface area contributed by atoms with Crippen LogP contribution in [0, 0.1) is 21.4 Å². The van der Waals surface area contributed by atoms with Crippen LogP contribution in [0.5, 0.6) is 0 Å². The second-order valence-electron chi connectivity index (χ2n) is 7.40. The molecule has 0 aliphatic carbocycles. The zero-order chi connectivity index (χ0) is 25.7. The van der Waals surface area contributed by atoms with E-state index >= 15 is 0 Å². The second-order valence-corrected chi connectivity index (χ2v) is 7.40. The molecule has 0 unspecified atom stereocenters. The summed E-state index contributed by atoms with van der Waals surface area (Å²) < 4.78 is 0. The van der Waals surface area contributed by atoms with Gasteiger partial charge in [0.1, 0.15) is 17.2 Å². The highest BCUT2D eigenvalue weighted by Crippen LogP contribution is 2.27. The van der Waals surface area contributed by atoms with Gasteiger partial charge in [-0.1, -0.05) is 60.7 Å². The summed E-state index contributed by atoms with van der Waals surface area (Å²) in [5.41, 5.74) is 3.69. The van der Waals surface area contributed by atoms with Crippen molar-refractivity contribution in [2.24, 2.45) is 5.10 Å². The number of nitriles is 1. The lowest BCUT2D eigenvalue weighted by Gasteiger charge is -2.06. The van der Waals surface area contributed by atoms with E-state index in [0.29, 0.717) is 22.3 Å². The number of hydrazone groups is 1. The molecule has 0 saturated heterocycles. The van der Waals surface area contributed by atoms with Gasteiger partial charge in [-0.2, -0.15) is 10.4 Å². The van der Waals surface area contributed by atoms with Crippen LogP contribution < -0.4 is 11.0 Å². The van der Waals surface area contributed by atoms with Crippen LogP contribution in [0.15, 0.2) is 82.7 Å². The van der Waals surface area contributed by atoms with Crippen LogP contribution in [-0.2, 0) is 0 Å². The average Bonchev–Trinajstić information content (AvgIpc) is 2.89. The lowest BCUT2D eigenvalue weighted by molar-refractivity contribution is -0.385. The zero-order valence-corrected chi connectivity index (χ0v) is 18.4. The summed E-state index contributed by atoms with van der Waals surface area (Å²) in [5, 5.41) is 33.8. The summed E-state index contributed by atoms with van der Waals surface area (Å²) in [6, 6.07) is 21.4. The minimum absolute atomic E-state index is 0.0524. The Morgan fingerprint density at radius 3 is 2.42 bits per heavy atom. The van der Waals surface area contributed by atoms with Crippen LogP contribution in [0.1, 0.15) is 21.5 Å². The maximum atomic E-state index is 12.3.